The van der Waals surface area contributed by atoms with Gasteiger partial charge in [-0.3, -0.25) is 0 Å². The Bertz CT molecular complexity index is 188. The Morgan fingerprint density at radius 1 is 1.38 bits per heavy atom. The van der Waals surface area contributed by atoms with Gasteiger partial charge in [0.05, 0.1) is 6.61 Å². The number of carbonyl (C=O) groups excluding carboxylic acids is 1. The van der Waals surface area contributed by atoms with E-state index in [4.69, 9.17) is 4.74 Å². The lowest BCUT2D eigenvalue weighted by atomic mass is 10.2. The number of hydrogen-bond acceptors (Lipinski definition) is 2. The van der Waals surface area contributed by atoms with Crippen LogP contribution in [0.1, 0.15) is 33.1 Å². The molecule has 0 bridgehead atoms. The highest BCUT2D eigenvalue weighted by molar-refractivity contribution is 5.81. The van der Waals surface area contributed by atoms with Crippen molar-refractivity contribution in [3.05, 3.63) is 24.3 Å². The van der Waals surface area contributed by atoms with E-state index in [0.717, 1.165) is 19.3 Å². The lowest BCUT2D eigenvalue weighted by Crippen LogP contribution is -2.01. The fraction of sp³-hybridized carbons (Fsp3) is 0.545. The minimum absolute atomic E-state index is 0.331. The molecule has 0 saturated heterocycles. The van der Waals surface area contributed by atoms with Crippen LogP contribution >= 0.6 is 0 Å². The van der Waals surface area contributed by atoms with Crippen molar-refractivity contribution in [2.24, 2.45) is 0 Å². The summed E-state index contributed by atoms with van der Waals surface area (Å²) in [6.45, 7) is 7.98. The summed E-state index contributed by atoms with van der Waals surface area (Å²) in [6, 6.07) is 0. The van der Waals surface area contributed by atoms with Crippen LogP contribution in [0.5, 0.6) is 0 Å². The van der Waals surface area contributed by atoms with E-state index in [2.05, 4.69) is 26.5 Å². The fourth-order valence-electron chi connectivity index (χ4n) is 0.869. The zero-order valence-electron chi connectivity index (χ0n) is 8.51. The van der Waals surface area contributed by atoms with Crippen molar-refractivity contribution in [3.63, 3.8) is 0 Å². The number of allylic oxidation sites excluding steroid dienone is 2. The first kappa shape index (κ1) is 11.9. The monoisotopic (exact) mass is 182 g/mol. The summed E-state index contributed by atoms with van der Waals surface area (Å²) < 4.78 is 4.82. The molecule has 0 aliphatic rings. The normalized spacial score (nSPS) is 9.08. The van der Waals surface area contributed by atoms with Gasteiger partial charge in [-0.25, -0.2) is 4.79 Å². The molecule has 0 radical (unpaired) electrons. The number of ether oxygens (including phenoxy) is 1. The topological polar surface area (TPSA) is 26.3 Å². The van der Waals surface area contributed by atoms with Gasteiger partial charge < -0.3 is 4.74 Å². The molecule has 74 valence electrons. The van der Waals surface area contributed by atoms with Crippen molar-refractivity contribution < 1.29 is 9.53 Å². The highest BCUT2D eigenvalue weighted by Gasteiger charge is 1.93. The summed E-state index contributed by atoms with van der Waals surface area (Å²) >= 11 is 0. The zero-order chi connectivity index (χ0) is 10.1. The van der Waals surface area contributed by atoms with Gasteiger partial charge in [-0.1, -0.05) is 18.2 Å². The van der Waals surface area contributed by atoms with Gasteiger partial charge in [-0.15, -0.1) is 0 Å². The molecule has 0 atom stereocenters. The Labute approximate surface area is 80.3 Å². The molecule has 0 unspecified atom stereocenters. The maximum atomic E-state index is 10.6. The lowest BCUT2D eigenvalue weighted by Gasteiger charge is -2.00. The highest BCUT2D eigenvalue weighted by atomic mass is 16.5. The maximum absolute atomic E-state index is 10.6. The van der Waals surface area contributed by atoms with Crippen molar-refractivity contribution in [2.75, 3.05) is 6.61 Å². The molecular weight excluding hydrogens is 164 g/mol. The molecule has 2 heteroatoms. The minimum atomic E-state index is -0.331. The molecule has 0 aromatic rings. The Morgan fingerprint density at radius 3 is 2.62 bits per heavy atom. The largest absolute Gasteiger partial charge is 0.463 e. The summed E-state index contributed by atoms with van der Waals surface area (Å²) in [5, 5.41) is 0. The van der Waals surface area contributed by atoms with Gasteiger partial charge in [0.25, 0.3) is 0 Å². The summed E-state index contributed by atoms with van der Waals surface area (Å²) in [4.78, 5) is 10.6. The van der Waals surface area contributed by atoms with E-state index in [9.17, 15) is 4.79 Å². The Balaban J connectivity index is 3.22. The molecule has 0 spiro atoms. The average molecular weight is 182 g/mol. The summed E-state index contributed by atoms with van der Waals surface area (Å²) in [7, 11) is 0. The van der Waals surface area contributed by atoms with E-state index in [-0.39, 0.29) is 5.97 Å². The smallest absolute Gasteiger partial charge is 0.330 e. The van der Waals surface area contributed by atoms with Gasteiger partial charge >= 0.3 is 5.97 Å². The van der Waals surface area contributed by atoms with Crippen molar-refractivity contribution >= 4 is 5.97 Å². The van der Waals surface area contributed by atoms with Crippen LogP contribution in [0.2, 0.25) is 0 Å². The predicted molar refractivity (Wildman–Crippen MR) is 54.4 cm³/mol. The van der Waals surface area contributed by atoms with Crippen molar-refractivity contribution in [2.45, 2.75) is 33.1 Å². The Hall–Kier alpha value is -1.05. The first-order valence-corrected chi connectivity index (χ1v) is 4.59. The number of carbonyl (C=O) groups is 1. The second-order valence-corrected chi connectivity index (χ2v) is 3.15. The van der Waals surface area contributed by atoms with Crippen LogP contribution in [0.3, 0.4) is 0 Å². The van der Waals surface area contributed by atoms with Gasteiger partial charge in [0, 0.05) is 6.08 Å². The van der Waals surface area contributed by atoms with E-state index < -0.39 is 0 Å². The van der Waals surface area contributed by atoms with E-state index >= 15 is 0 Å². The third-order valence-corrected chi connectivity index (χ3v) is 1.56. The summed E-state index contributed by atoms with van der Waals surface area (Å²) in [6.07, 6.45) is 6.43. The molecule has 0 aliphatic heterocycles. The Kier molecular flexibility index (Phi) is 6.98. The standard InChI is InChI=1S/C11H18O2/c1-4-11(12)13-9-7-5-6-8-10(2)3/h4,8H,1,5-7,9H2,2-3H3. The number of unbranched alkanes of at least 4 members (excludes halogenated alkanes) is 2. The van der Waals surface area contributed by atoms with Crippen LogP contribution in [0.15, 0.2) is 24.3 Å². The molecule has 13 heavy (non-hydrogen) atoms. The molecule has 0 amide bonds. The SMILES string of the molecule is C=CC(=O)OCCCCC=C(C)C. The lowest BCUT2D eigenvalue weighted by molar-refractivity contribution is -0.137. The molecule has 0 rings (SSSR count). The number of hydrogen-bond donors (Lipinski definition) is 0. The van der Waals surface area contributed by atoms with Gasteiger partial charge in [0.15, 0.2) is 0 Å². The average Bonchev–Trinajstić information content (AvgIpc) is 2.10. The van der Waals surface area contributed by atoms with Gasteiger partial charge in [0.2, 0.25) is 0 Å². The van der Waals surface area contributed by atoms with Crippen LogP contribution in [-0.2, 0) is 9.53 Å². The van der Waals surface area contributed by atoms with Crippen molar-refractivity contribution in [1.29, 1.82) is 0 Å². The molecule has 0 aliphatic carbocycles. The third kappa shape index (κ3) is 8.86. The van der Waals surface area contributed by atoms with Gasteiger partial charge in [-0.05, 0) is 33.1 Å². The molecule has 0 N–H and O–H groups in total. The van der Waals surface area contributed by atoms with Crippen LogP contribution in [0, 0.1) is 0 Å². The zero-order valence-corrected chi connectivity index (χ0v) is 8.51. The third-order valence-electron chi connectivity index (χ3n) is 1.56. The molecule has 0 aromatic carbocycles. The van der Waals surface area contributed by atoms with Crippen LogP contribution < -0.4 is 0 Å². The number of rotatable bonds is 6. The molecule has 0 heterocycles. The van der Waals surface area contributed by atoms with Gasteiger partial charge in [0.1, 0.15) is 0 Å². The van der Waals surface area contributed by atoms with E-state index in [1.165, 1.54) is 11.6 Å². The second-order valence-electron chi connectivity index (χ2n) is 3.15. The summed E-state index contributed by atoms with van der Waals surface area (Å²) in [5.74, 6) is -0.331. The van der Waals surface area contributed by atoms with Crippen LogP contribution in [0.25, 0.3) is 0 Å². The van der Waals surface area contributed by atoms with Crippen LogP contribution in [0.4, 0.5) is 0 Å². The molecule has 2 nitrogen and oxygen atoms in total. The first-order valence-electron chi connectivity index (χ1n) is 4.59. The van der Waals surface area contributed by atoms with E-state index in [0.29, 0.717) is 6.61 Å². The van der Waals surface area contributed by atoms with Gasteiger partial charge in [-0.2, -0.15) is 0 Å². The van der Waals surface area contributed by atoms with Crippen molar-refractivity contribution in [1.82, 2.24) is 0 Å². The van der Waals surface area contributed by atoms with Crippen molar-refractivity contribution in [3.8, 4) is 0 Å². The highest BCUT2D eigenvalue weighted by Crippen LogP contribution is 2.00. The first-order chi connectivity index (χ1) is 6.16. The molecule has 0 fully saturated rings. The molecular formula is C11H18O2. The van der Waals surface area contributed by atoms with E-state index in [1.807, 2.05) is 0 Å². The quantitative estimate of drug-likeness (QED) is 0.273. The minimum Gasteiger partial charge on any atom is -0.463 e. The number of esters is 1. The van der Waals surface area contributed by atoms with E-state index in [1.54, 1.807) is 0 Å². The molecule has 0 aromatic heterocycles. The summed E-state index contributed by atoms with van der Waals surface area (Å²) in [5.41, 5.74) is 1.34. The fourth-order valence-corrected chi connectivity index (χ4v) is 0.869. The Morgan fingerprint density at radius 2 is 2.08 bits per heavy atom. The predicted octanol–water partition coefficient (Wildman–Crippen LogP) is 2.85. The maximum Gasteiger partial charge on any atom is 0.330 e. The molecule has 0 saturated carbocycles. The second kappa shape index (κ2) is 7.59. The van der Waals surface area contributed by atoms with Crippen LogP contribution in [-0.4, -0.2) is 12.6 Å².